The van der Waals surface area contributed by atoms with E-state index in [0.717, 1.165) is 22.3 Å². The molecule has 2 amide bonds. The summed E-state index contributed by atoms with van der Waals surface area (Å²) >= 11 is 0. The molecule has 0 saturated heterocycles. The highest BCUT2D eigenvalue weighted by molar-refractivity contribution is 7.90. The highest BCUT2D eigenvalue weighted by atomic mass is 32.2. The number of sulfone groups is 1. The van der Waals surface area contributed by atoms with Crippen molar-refractivity contribution in [2.24, 2.45) is 7.05 Å². The van der Waals surface area contributed by atoms with E-state index in [0.29, 0.717) is 12.1 Å². The smallest absolute Gasteiger partial charge is 0.319 e. The first-order valence-electron chi connectivity index (χ1n) is 8.92. The number of carbonyl (C=O) groups excluding carboxylic acids is 1. The number of hydrogen-bond donors (Lipinski definition) is 2. The number of rotatable bonds is 7. The van der Waals surface area contributed by atoms with Crippen molar-refractivity contribution in [2.75, 3.05) is 17.6 Å². The van der Waals surface area contributed by atoms with E-state index in [4.69, 9.17) is 0 Å². The van der Waals surface area contributed by atoms with Crippen molar-refractivity contribution >= 4 is 32.6 Å². The molecule has 0 spiro atoms. The Kier molecular flexibility index (Phi) is 5.93. The first kappa shape index (κ1) is 19.8. The third-order valence-corrected chi connectivity index (χ3v) is 5.95. The van der Waals surface area contributed by atoms with Gasteiger partial charge in [0, 0.05) is 19.0 Å². The van der Waals surface area contributed by atoms with Crippen molar-refractivity contribution < 1.29 is 13.2 Å². The van der Waals surface area contributed by atoms with E-state index in [1.54, 1.807) is 23.0 Å². The molecule has 0 atom stereocenters. The second-order valence-corrected chi connectivity index (χ2v) is 8.80. The zero-order chi connectivity index (χ0) is 20.1. The Morgan fingerprint density at radius 1 is 1.21 bits per heavy atom. The Hall–Kier alpha value is -2.94. The van der Waals surface area contributed by atoms with Crippen LogP contribution in [0.5, 0.6) is 0 Å². The molecular weight excluding hydrogens is 378 g/mol. The predicted molar refractivity (Wildman–Crippen MR) is 109 cm³/mol. The zero-order valence-corrected chi connectivity index (χ0v) is 16.7. The summed E-state index contributed by atoms with van der Waals surface area (Å²) in [5.74, 6) is 0.0285. The average Bonchev–Trinajstić information content (AvgIpc) is 2.93. The van der Waals surface area contributed by atoms with Gasteiger partial charge in [-0.3, -0.25) is 4.68 Å². The number of hydrogen-bond acceptors (Lipinski definition) is 5. The van der Waals surface area contributed by atoms with Crippen LogP contribution >= 0.6 is 0 Å². The van der Waals surface area contributed by atoms with Crippen LogP contribution in [-0.2, 0) is 22.6 Å². The maximum absolute atomic E-state index is 12.1. The number of pyridine rings is 1. The number of amides is 2. The molecule has 0 saturated carbocycles. The molecule has 0 radical (unpaired) electrons. The highest BCUT2D eigenvalue weighted by Gasteiger charge is 2.12. The predicted octanol–water partition coefficient (Wildman–Crippen LogP) is 2.40. The fraction of sp³-hybridized carbons (Fsp3) is 0.316. The van der Waals surface area contributed by atoms with E-state index in [2.05, 4.69) is 20.7 Å². The second kappa shape index (κ2) is 8.39. The number of nitrogens with one attached hydrogen (secondary N) is 2. The molecule has 3 rings (SSSR count). The summed E-state index contributed by atoms with van der Waals surface area (Å²) in [4.78, 5) is 16.3. The van der Waals surface area contributed by atoms with Gasteiger partial charge >= 0.3 is 6.03 Å². The van der Waals surface area contributed by atoms with E-state index >= 15 is 0 Å². The van der Waals surface area contributed by atoms with Crippen molar-refractivity contribution in [3.63, 3.8) is 0 Å². The number of anilines is 1. The van der Waals surface area contributed by atoms with Gasteiger partial charge in [0.2, 0.25) is 0 Å². The molecule has 9 heteroatoms. The summed E-state index contributed by atoms with van der Waals surface area (Å²) in [6, 6.07) is 10.5. The maximum atomic E-state index is 12.1. The summed E-state index contributed by atoms with van der Waals surface area (Å²) < 4.78 is 26.0. The Morgan fingerprint density at radius 2 is 1.96 bits per heavy atom. The third-order valence-electron chi connectivity index (χ3n) is 4.27. The molecule has 0 fully saturated rings. The Morgan fingerprint density at radius 3 is 2.71 bits per heavy atom. The molecule has 1 aromatic carbocycles. The Balaban J connectivity index is 1.46. The van der Waals surface area contributed by atoms with Crippen LogP contribution in [0.3, 0.4) is 0 Å². The number of benzene rings is 1. The molecule has 0 aliphatic rings. The van der Waals surface area contributed by atoms with Crippen LogP contribution in [0.15, 0.2) is 42.6 Å². The van der Waals surface area contributed by atoms with Gasteiger partial charge < -0.3 is 10.6 Å². The summed E-state index contributed by atoms with van der Waals surface area (Å²) in [6.07, 6.45) is 1.91. The van der Waals surface area contributed by atoms with Gasteiger partial charge in [-0.1, -0.05) is 30.3 Å². The lowest BCUT2D eigenvalue weighted by atomic mass is 10.2. The van der Waals surface area contributed by atoms with Crippen LogP contribution in [0.4, 0.5) is 10.5 Å². The fourth-order valence-electron chi connectivity index (χ4n) is 2.95. The Labute approximate surface area is 163 Å². The van der Waals surface area contributed by atoms with Gasteiger partial charge in [-0.05, 0) is 25.0 Å². The van der Waals surface area contributed by atoms with Crippen molar-refractivity contribution in [1.82, 2.24) is 20.1 Å². The van der Waals surface area contributed by atoms with Crippen LogP contribution < -0.4 is 10.6 Å². The standard InChI is InChI=1S/C19H23N5O3S/c1-14-17-11-16(12-21-18(17)24(2)23-14)22-19(25)20-9-6-10-28(26,27)13-15-7-4-3-5-8-15/h3-5,7-8,11-12H,6,9-10,13H2,1-2H3,(H2,20,22,25). The summed E-state index contributed by atoms with van der Waals surface area (Å²) in [7, 11) is -1.40. The lowest BCUT2D eigenvalue weighted by Gasteiger charge is -2.08. The van der Waals surface area contributed by atoms with E-state index in [1.165, 1.54) is 0 Å². The molecule has 0 bridgehead atoms. The molecule has 28 heavy (non-hydrogen) atoms. The van der Waals surface area contributed by atoms with Gasteiger partial charge in [-0.25, -0.2) is 18.2 Å². The van der Waals surface area contributed by atoms with Crippen LogP contribution in [-0.4, -0.2) is 41.5 Å². The topological polar surface area (TPSA) is 106 Å². The molecule has 2 N–H and O–H groups in total. The minimum atomic E-state index is -3.21. The molecule has 3 aromatic rings. The average molecular weight is 401 g/mol. The van der Waals surface area contributed by atoms with E-state index < -0.39 is 15.9 Å². The number of carbonyl (C=O) groups is 1. The summed E-state index contributed by atoms with van der Waals surface area (Å²) in [5, 5.41) is 10.5. The van der Waals surface area contributed by atoms with Crippen LogP contribution in [0.1, 0.15) is 17.7 Å². The molecule has 2 heterocycles. The van der Waals surface area contributed by atoms with Gasteiger partial charge in [-0.15, -0.1) is 0 Å². The van der Waals surface area contributed by atoms with Crippen molar-refractivity contribution in [2.45, 2.75) is 19.1 Å². The van der Waals surface area contributed by atoms with Gasteiger partial charge in [0.1, 0.15) is 0 Å². The first-order chi connectivity index (χ1) is 13.3. The van der Waals surface area contributed by atoms with Gasteiger partial charge in [-0.2, -0.15) is 5.10 Å². The molecule has 148 valence electrons. The molecule has 8 nitrogen and oxygen atoms in total. The molecule has 0 unspecified atom stereocenters. The number of nitrogens with zero attached hydrogens (tertiary/aromatic N) is 3. The quantitative estimate of drug-likeness (QED) is 0.592. The third kappa shape index (κ3) is 5.07. The van der Waals surface area contributed by atoms with Crippen LogP contribution in [0.25, 0.3) is 11.0 Å². The number of aryl methyl sites for hydroxylation is 2. The molecule has 0 aliphatic carbocycles. The Bertz CT molecular complexity index is 1080. The number of urea groups is 1. The monoisotopic (exact) mass is 401 g/mol. The summed E-state index contributed by atoms with van der Waals surface area (Å²) in [5.41, 5.74) is 2.89. The number of fused-ring (bicyclic) bond motifs is 1. The number of aromatic nitrogens is 3. The lowest BCUT2D eigenvalue weighted by Crippen LogP contribution is -2.30. The molecule has 2 aromatic heterocycles. The molecule has 0 aliphatic heterocycles. The second-order valence-electron chi connectivity index (χ2n) is 6.62. The van der Waals surface area contributed by atoms with Gasteiger partial charge in [0.25, 0.3) is 0 Å². The maximum Gasteiger partial charge on any atom is 0.319 e. The van der Waals surface area contributed by atoms with E-state index in [-0.39, 0.29) is 18.1 Å². The largest absolute Gasteiger partial charge is 0.338 e. The van der Waals surface area contributed by atoms with Crippen molar-refractivity contribution in [3.05, 3.63) is 53.9 Å². The van der Waals surface area contributed by atoms with Gasteiger partial charge in [0.15, 0.2) is 15.5 Å². The minimum absolute atomic E-state index is 0.0101. The van der Waals surface area contributed by atoms with Gasteiger partial charge in [0.05, 0.1) is 29.1 Å². The normalized spacial score (nSPS) is 11.5. The lowest BCUT2D eigenvalue weighted by molar-refractivity contribution is 0.252. The summed E-state index contributed by atoms with van der Waals surface area (Å²) in [6.45, 7) is 2.14. The van der Waals surface area contributed by atoms with Crippen molar-refractivity contribution in [3.8, 4) is 0 Å². The van der Waals surface area contributed by atoms with E-state index in [1.807, 2.05) is 38.2 Å². The first-order valence-corrected chi connectivity index (χ1v) is 10.7. The van der Waals surface area contributed by atoms with Crippen LogP contribution in [0, 0.1) is 6.92 Å². The fourth-order valence-corrected chi connectivity index (χ4v) is 4.37. The highest BCUT2D eigenvalue weighted by Crippen LogP contribution is 2.19. The van der Waals surface area contributed by atoms with Crippen molar-refractivity contribution in [1.29, 1.82) is 0 Å². The van der Waals surface area contributed by atoms with E-state index in [9.17, 15) is 13.2 Å². The minimum Gasteiger partial charge on any atom is -0.338 e. The zero-order valence-electron chi connectivity index (χ0n) is 15.8. The SMILES string of the molecule is Cc1nn(C)c2ncc(NC(=O)NCCCS(=O)(=O)Cc3ccccc3)cc12. The molecular formula is C19H23N5O3S. The van der Waals surface area contributed by atoms with Crippen LogP contribution in [0.2, 0.25) is 0 Å².